The van der Waals surface area contributed by atoms with E-state index in [9.17, 15) is 4.79 Å². The van der Waals surface area contributed by atoms with Crippen molar-refractivity contribution in [3.8, 4) is 0 Å². The molecule has 0 radical (unpaired) electrons. The molecule has 3 rings (SSSR count). The highest BCUT2D eigenvalue weighted by atomic mass is 35.5. The molecule has 1 unspecified atom stereocenters. The molecule has 1 amide bonds. The fraction of sp³-hybridized carbons (Fsp3) is 0.500. The van der Waals surface area contributed by atoms with Crippen molar-refractivity contribution in [3.63, 3.8) is 0 Å². The zero-order valence-corrected chi connectivity index (χ0v) is 10.9. The van der Waals surface area contributed by atoms with E-state index in [2.05, 4.69) is 25.2 Å². The summed E-state index contributed by atoms with van der Waals surface area (Å²) in [4.78, 5) is 11.8. The maximum atomic E-state index is 11.8. The molecule has 1 aromatic carbocycles. The largest absolute Gasteiger partial charge is 0.350 e. The Balaban J connectivity index is 2.17. The van der Waals surface area contributed by atoms with Gasteiger partial charge in [0, 0.05) is 22.4 Å². The summed E-state index contributed by atoms with van der Waals surface area (Å²) in [7, 11) is 0. The zero-order chi connectivity index (χ0) is 12.3. The molecule has 1 aliphatic carbocycles. The molecule has 2 aliphatic rings. The number of fused-ring (bicyclic) bond motifs is 2. The van der Waals surface area contributed by atoms with Crippen LogP contribution in [-0.2, 0) is 16.6 Å². The van der Waals surface area contributed by atoms with Gasteiger partial charge in [-0.1, -0.05) is 17.7 Å². The average molecular weight is 250 g/mol. The van der Waals surface area contributed by atoms with E-state index in [1.54, 1.807) is 0 Å². The van der Waals surface area contributed by atoms with E-state index in [1.807, 2.05) is 12.1 Å². The monoisotopic (exact) mass is 249 g/mol. The van der Waals surface area contributed by atoms with Crippen LogP contribution in [-0.4, -0.2) is 11.4 Å². The molecule has 2 nitrogen and oxygen atoms in total. The van der Waals surface area contributed by atoms with Crippen molar-refractivity contribution in [2.75, 3.05) is 0 Å². The van der Waals surface area contributed by atoms with Crippen LogP contribution < -0.4 is 5.32 Å². The first-order chi connectivity index (χ1) is 7.95. The van der Waals surface area contributed by atoms with Crippen molar-refractivity contribution < 1.29 is 4.79 Å². The third-order valence-electron chi connectivity index (χ3n) is 4.51. The summed E-state index contributed by atoms with van der Waals surface area (Å²) >= 11 is 6.04. The Bertz CT molecular complexity index is 509. The standard InChI is InChI=1S/C14H16ClNO/c1-13(2)14(8-12(17)16-13)6-5-9-7-10(15)3-4-11(9)14/h3-4,7H,5-6,8H2,1-2H3,(H,16,17). The number of hydrogen-bond acceptors (Lipinski definition) is 1. The fourth-order valence-corrected chi connectivity index (χ4v) is 3.75. The van der Waals surface area contributed by atoms with E-state index in [4.69, 9.17) is 11.6 Å². The van der Waals surface area contributed by atoms with Gasteiger partial charge >= 0.3 is 0 Å². The lowest BCUT2D eigenvalue weighted by Crippen LogP contribution is -2.48. The zero-order valence-electron chi connectivity index (χ0n) is 10.1. The number of halogens is 1. The molecular formula is C14H16ClNO. The molecule has 1 aromatic rings. The minimum atomic E-state index is -0.164. The van der Waals surface area contributed by atoms with Crippen LogP contribution in [0.3, 0.4) is 0 Å². The summed E-state index contributed by atoms with van der Waals surface area (Å²) in [5.41, 5.74) is 2.42. The SMILES string of the molecule is CC1(C)NC(=O)CC12CCc1cc(Cl)ccc12. The summed E-state index contributed by atoms with van der Waals surface area (Å²) in [6, 6.07) is 6.09. The highest BCUT2D eigenvalue weighted by molar-refractivity contribution is 6.30. The van der Waals surface area contributed by atoms with Crippen LogP contribution in [0.4, 0.5) is 0 Å². The van der Waals surface area contributed by atoms with Crippen molar-refractivity contribution in [1.29, 1.82) is 0 Å². The molecule has 90 valence electrons. The van der Waals surface area contributed by atoms with Crippen molar-refractivity contribution in [2.45, 2.75) is 44.1 Å². The minimum absolute atomic E-state index is 0.0377. The van der Waals surface area contributed by atoms with E-state index in [1.165, 1.54) is 11.1 Å². The second kappa shape index (κ2) is 3.26. The van der Waals surface area contributed by atoms with E-state index in [0.29, 0.717) is 6.42 Å². The van der Waals surface area contributed by atoms with Gasteiger partial charge in [0.05, 0.1) is 0 Å². The predicted molar refractivity (Wildman–Crippen MR) is 68.3 cm³/mol. The van der Waals surface area contributed by atoms with E-state index in [-0.39, 0.29) is 16.9 Å². The smallest absolute Gasteiger partial charge is 0.221 e. The molecule has 1 fully saturated rings. The molecule has 1 N–H and O–H groups in total. The highest BCUT2D eigenvalue weighted by Gasteiger charge is 2.56. The number of aryl methyl sites for hydroxylation is 1. The lowest BCUT2D eigenvalue weighted by molar-refractivity contribution is -0.119. The number of carbonyl (C=O) groups excluding carboxylic acids is 1. The molecule has 17 heavy (non-hydrogen) atoms. The van der Waals surface area contributed by atoms with E-state index in [0.717, 1.165) is 17.9 Å². The van der Waals surface area contributed by atoms with Crippen LogP contribution in [0.25, 0.3) is 0 Å². The maximum absolute atomic E-state index is 11.8. The first-order valence-corrected chi connectivity index (χ1v) is 6.42. The number of hydrogen-bond donors (Lipinski definition) is 1. The molecule has 1 atom stereocenters. The van der Waals surface area contributed by atoms with Gasteiger partial charge in [0.15, 0.2) is 0 Å². The van der Waals surface area contributed by atoms with Crippen molar-refractivity contribution in [1.82, 2.24) is 5.32 Å². The van der Waals surface area contributed by atoms with Crippen LogP contribution in [0, 0.1) is 0 Å². The van der Waals surface area contributed by atoms with Crippen LogP contribution >= 0.6 is 11.6 Å². The van der Waals surface area contributed by atoms with E-state index >= 15 is 0 Å². The molecule has 0 bridgehead atoms. The number of amides is 1. The first kappa shape index (κ1) is 11.1. The number of nitrogens with one attached hydrogen (secondary N) is 1. The van der Waals surface area contributed by atoms with Gasteiger partial charge in [-0.3, -0.25) is 4.79 Å². The third-order valence-corrected chi connectivity index (χ3v) is 4.75. The number of carbonyl (C=O) groups is 1. The summed E-state index contributed by atoms with van der Waals surface area (Å²) in [5, 5.41) is 3.90. The van der Waals surface area contributed by atoms with Crippen LogP contribution in [0.5, 0.6) is 0 Å². The first-order valence-electron chi connectivity index (χ1n) is 6.05. The normalized spacial score (nSPS) is 29.5. The third kappa shape index (κ3) is 1.37. The molecule has 3 heteroatoms. The quantitative estimate of drug-likeness (QED) is 0.753. The van der Waals surface area contributed by atoms with Crippen LogP contribution in [0.1, 0.15) is 37.8 Å². The van der Waals surface area contributed by atoms with Gasteiger partial charge in [0.25, 0.3) is 0 Å². The fourth-order valence-electron chi connectivity index (χ4n) is 3.56. The summed E-state index contributed by atoms with van der Waals surface area (Å²) in [5.74, 6) is 0.165. The number of benzene rings is 1. The summed E-state index contributed by atoms with van der Waals surface area (Å²) in [6.07, 6.45) is 2.66. The van der Waals surface area contributed by atoms with Gasteiger partial charge in [0.1, 0.15) is 0 Å². The highest BCUT2D eigenvalue weighted by Crippen LogP contribution is 2.51. The van der Waals surface area contributed by atoms with Crippen LogP contribution in [0.15, 0.2) is 18.2 Å². The molecule has 1 spiro atoms. The lowest BCUT2D eigenvalue weighted by Gasteiger charge is -2.38. The van der Waals surface area contributed by atoms with Gasteiger partial charge < -0.3 is 5.32 Å². The topological polar surface area (TPSA) is 29.1 Å². The number of rotatable bonds is 0. The lowest BCUT2D eigenvalue weighted by atomic mass is 9.68. The predicted octanol–water partition coefficient (Wildman–Crippen LogP) is 2.82. The van der Waals surface area contributed by atoms with Gasteiger partial charge in [-0.15, -0.1) is 0 Å². The second-order valence-corrected chi connectivity index (χ2v) is 6.17. The summed E-state index contributed by atoms with van der Waals surface area (Å²) in [6.45, 7) is 4.25. The summed E-state index contributed by atoms with van der Waals surface area (Å²) < 4.78 is 0. The molecule has 0 aromatic heterocycles. The maximum Gasteiger partial charge on any atom is 0.221 e. The minimum Gasteiger partial charge on any atom is -0.350 e. The van der Waals surface area contributed by atoms with Gasteiger partial charge in [-0.2, -0.15) is 0 Å². The van der Waals surface area contributed by atoms with Crippen molar-refractivity contribution >= 4 is 17.5 Å². The van der Waals surface area contributed by atoms with Crippen LogP contribution in [0.2, 0.25) is 5.02 Å². The van der Waals surface area contributed by atoms with Crippen molar-refractivity contribution in [3.05, 3.63) is 34.3 Å². The Hall–Kier alpha value is -1.02. The molecule has 1 heterocycles. The Morgan fingerprint density at radius 3 is 2.76 bits per heavy atom. The molecule has 1 aliphatic heterocycles. The van der Waals surface area contributed by atoms with E-state index < -0.39 is 0 Å². The average Bonchev–Trinajstić information content (AvgIpc) is 2.67. The Morgan fingerprint density at radius 2 is 2.12 bits per heavy atom. The Labute approximate surface area is 106 Å². The Kier molecular flexibility index (Phi) is 2.13. The molecular weight excluding hydrogens is 234 g/mol. The van der Waals surface area contributed by atoms with Gasteiger partial charge in [0.2, 0.25) is 5.91 Å². The van der Waals surface area contributed by atoms with Crippen molar-refractivity contribution in [2.24, 2.45) is 0 Å². The Morgan fingerprint density at radius 1 is 1.35 bits per heavy atom. The molecule has 1 saturated heterocycles. The second-order valence-electron chi connectivity index (χ2n) is 5.73. The van der Waals surface area contributed by atoms with Gasteiger partial charge in [-0.05, 0) is 49.9 Å². The molecule has 0 saturated carbocycles. The van der Waals surface area contributed by atoms with Gasteiger partial charge in [-0.25, -0.2) is 0 Å².